The van der Waals surface area contributed by atoms with Gasteiger partial charge < -0.3 is 46.9 Å². The molecule has 1 aliphatic carbocycles. The van der Waals surface area contributed by atoms with Crippen LogP contribution >= 0.6 is 0 Å². The Labute approximate surface area is 390 Å². The van der Waals surface area contributed by atoms with Crippen molar-refractivity contribution in [1.82, 2.24) is 40.1 Å². The smallest absolute Gasteiger partial charge is 0.318 e. The summed E-state index contributed by atoms with van der Waals surface area (Å²) < 4.78 is 0. The van der Waals surface area contributed by atoms with Gasteiger partial charge in [0, 0.05) is 110 Å². The van der Waals surface area contributed by atoms with Gasteiger partial charge in [0.1, 0.15) is 23.7 Å². The minimum absolute atomic E-state index is 0.157. The van der Waals surface area contributed by atoms with E-state index in [0.29, 0.717) is 54.7 Å². The van der Waals surface area contributed by atoms with Crippen LogP contribution in [0.5, 0.6) is 5.75 Å². The molecule has 0 radical (unpaired) electrons. The van der Waals surface area contributed by atoms with Crippen LogP contribution in [-0.4, -0.2) is 135 Å². The number of nitrogens with one attached hydrogen (secondary N) is 3. The standard InChI is InChI=1S/C52H70N10O4/c1-6-34-13-15-35(16-14-34)29-55-48(64)43-11-9-21-62(43)49(65)46(51(3,4)5)57-50(66)60-31-52(32-60)27-38(28-52)58-22-17-36(18-23-58)59-24-19-37(30-59)61-25-20-42-45(33(61)2)40(47(54)56-42)26-41(53)39-10-7-8-12-44(39)63/h1,7-8,10,12-16,26,33,36-38,43,46,56,63H,9,11,17-25,27-32,53-54H2,2-5H3,(H,55,64)(H,57,66)/b41-26-. The van der Waals surface area contributed by atoms with Crippen molar-refractivity contribution in [2.24, 2.45) is 16.6 Å². The number of H-pyrrole nitrogens is 1. The molecule has 0 bridgehead atoms. The highest BCUT2D eigenvalue weighted by molar-refractivity contribution is 5.93. The molecule has 4 atom stereocenters. The van der Waals surface area contributed by atoms with Crippen molar-refractivity contribution in [1.29, 1.82) is 0 Å². The Bertz CT molecular complexity index is 2360. The van der Waals surface area contributed by atoms with E-state index in [9.17, 15) is 19.5 Å². The first-order chi connectivity index (χ1) is 31.6. The first-order valence-electron chi connectivity index (χ1n) is 24.3. The molecular formula is C52H70N10O4. The number of anilines is 1. The van der Waals surface area contributed by atoms with Gasteiger partial charge in [-0.25, -0.2) is 4.79 Å². The van der Waals surface area contributed by atoms with Crippen LogP contribution in [-0.2, 0) is 22.6 Å². The van der Waals surface area contributed by atoms with Crippen molar-refractivity contribution in [2.45, 2.75) is 122 Å². The molecule has 4 amide bonds. The van der Waals surface area contributed by atoms with Gasteiger partial charge in [-0.2, -0.15) is 0 Å². The van der Waals surface area contributed by atoms with Crippen LogP contribution in [0.25, 0.3) is 11.8 Å². The molecule has 6 heterocycles. The summed E-state index contributed by atoms with van der Waals surface area (Å²) in [6.07, 6.45) is 15.4. The number of hydrogen-bond donors (Lipinski definition) is 6. The quantitative estimate of drug-likeness (QED) is 0.151. The Morgan fingerprint density at radius 3 is 2.35 bits per heavy atom. The van der Waals surface area contributed by atoms with E-state index in [0.717, 1.165) is 94.6 Å². The highest BCUT2D eigenvalue weighted by atomic mass is 16.3. The summed E-state index contributed by atoms with van der Waals surface area (Å²) in [6.45, 7) is 15.9. The number of para-hydroxylation sites is 1. The van der Waals surface area contributed by atoms with Crippen LogP contribution in [0.4, 0.5) is 10.6 Å². The fourth-order valence-electron chi connectivity index (χ4n) is 12.2. The number of phenolic OH excluding ortho intramolecular Hbond substituents is 1. The van der Waals surface area contributed by atoms with E-state index in [2.05, 4.69) is 43.2 Å². The summed E-state index contributed by atoms with van der Waals surface area (Å²) in [5.74, 6) is 3.01. The average Bonchev–Trinajstić information content (AvgIpc) is 4.04. The predicted octanol–water partition coefficient (Wildman–Crippen LogP) is 5.09. The molecule has 352 valence electrons. The number of aromatic amines is 1. The Morgan fingerprint density at radius 1 is 0.955 bits per heavy atom. The maximum atomic E-state index is 14.1. The van der Waals surface area contributed by atoms with Gasteiger partial charge in [0.05, 0.1) is 0 Å². The third-order valence-electron chi connectivity index (χ3n) is 15.9. The summed E-state index contributed by atoms with van der Waals surface area (Å²) in [4.78, 5) is 56.3. The first kappa shape index (κ1) is 45.7. The minimum Gasteiger partial charge on any atom is -0.507 e. The summed E-state index contributed by atoms with van der Waals surface area (Å²) in [5.41, 5.74) is 18.9. The van der Waals surface area contributed by atoms with Gasteiger partial charge in [0.15, 0.2) is 0 Å². The number of rotatable bonds is 10. The fourth-order valence-corrected chi connectivity index (χ4v) is 12.2. The van der Waals surface area contributed by atoms with E-state index in [1.165, 1.54) is 24.1 Å². The monoisotopic (exact) mass is 899 g/mol. The number of fused-ring (bicyclic) bond motifs is 1. The van der Waals surface area contributed by atoms with Gasteiger partial charge in [-0.15, -0.1) is 6.42 Å². The van der Waals surface area contributed by atoms with Crippen molar-refractivity contribution in [3.8, 4) is 18.1 Å². The topological polar surface area (TPSA) is 180 Å². The normalized spacial score (nSPS) is 24.7. The summed E-state index contributed by atoms with van der Waals surface area (Å²) >= 11 is 0. The number of urea groups is 1. The number of hydrogen-bond acceptors (Lipinski definition) is 9. The largest absolute Gasteiger partial charge is 0.507 e. The van der Waals surface area contributed by atoms with Gasteiger partial charge >= 0.3 is 6.03 Å². The Morgan fingerprint density at radius 2 is 1.65 bits per heavy atom. The number of aromatic nitrogens is 1. The van der Waals surface area contributed by atoms with Gasteiger partial charge in [0.25, 0.3) is 0 Å². The SMILES string of the molecule is C#Cc1ccc(CNC(=O)C2CCCN2C(=O)C(NC(=O)N2CC3(CC(N4CCC(N5CCC(N6CCc7[nH]c(N)c(/C=C(\N)c8ccccc8O)c7C6C)C5)CC4)C3)C2)C(C)(C)C)cc1. The van der Waals surface area contributed by atoms with Crippen molar-refractivity contribution in [3.05, 3.63) is 82.0 Å². The third-order valence-corrected chi connectivity index (χ3v) is 15.9. The van der Waals surface area contributed by atoms with Crippen LogP contribution < -0.4 is 22.1 Å². The van der Waals surface area contributed by atoms with Crippen molar-refractivity contribution >= 4 is 35.4 Å². The first-order valence-corrected chi connectivity index (χ1v) is 24.3. The number of nitrogen functional groups attached to an aromatic ring is 1. The zero-order valence-corrected chi connectivity index (χ0v) is 39.3. The molecule has 1 saturated carbocycles. The molecule has 14 heteroatoms. The number of phenols is 1. The molecule has 5 aliphatic heterocycles. The Balaban J connectivity index is 0.721. The third kappa shape index (κ3) is 9.02. The zero-order chi connectivity index (χ0) is 46.5. The van der Waals surface area contributed by atoms with Gasteiger partial charge in [-0.05, 0) is 112 Å². The number of terminal acetylenes is 1. The Hall–Kier alpha value is -5.49. The number of carbonyl (C=O) groups excluding carboxylic acids is 3. The average molecular weight is 899 g/mol. The second-order valence-electron chi connectivity index (χ2n) is 21.2. The van der Waals surface area contributed by atoms with Crippen LogP contribution in [0.15, 0.2) is 48.5 Å². The number of aromatic hydroxyl groups is 1. The summed E-state index contributed by atoms with van der Waals surface area (Å²) in [6, 6.07) is 15.0. The molecule has 8 N–H and O–H groups in total. The number of nitrogens with zero attached hydrogens (tertiary/aromatic N) is 5. The predicted molar refractivity (Wildman–Crippen MR) is 259 cm³/mol. The van der Waals surface area contributed by atoms with Crippen molar-refractivity contribution in [2.75, 3.05) is 58.1 Å². The molecule has 1 spiro atoms. The number of nitrogens with two attached hydrogens (primary N) is 2. The highest BCUT2D eigenvalue weighted by Gasteiger charge is 2.56. The lowest BCUT2D eigenvalue weighted by Gasteiger charge is -2.61. The van der Waals surface area contributed by atoms with E-state index in [-0.39, 0.29) is 35.1 Å². The summed E-state index contributed by atoms with van der Waals surface area (Å²) in [7, 11) is 0. The molecular weight excluding hydrogens is 829 g/mol. The van der Waals surface area contributed by atoms with E-state index in [1.807, 2.05) is 68.1 Å². The second-order valence-corrected chi connectivity index (χ2v) is 21.2. The van der Waals surface area contributed by atoms with Crippen LogP contribution in [0.3, 0.4) is 0 Å². The molecule has 1 aromatic heterocycles. The van der Waals surface area contributed by atoms with E-state index in [1.54, 1.807) is 17.0 Å². The number of amides is 4. The van der Waals surface area contributed by atoms with E-state index >= 15 is 0 Å². The maximum Gasteiger partial charge on any atom is 0.318 e. The Kier molecular flexibility index (Phi) is 12.7. The number of piperidine rings is 1. The molecule has 3 aromatic rings. The molecule has 9 rings (SSSR count). The van der Waals surface area contributed by atoms with Crippen molar-refractivity contribution < 1.29 is 19.5 Å². The minimum atomic E-state index is -0.751. The van der Waals surface area contributed by atoms with Gasteiger partial charge in [-0.1, -0.05) is 51.0 Å². The number of likely N-dealkylation sites (tertiary alicyclic amines) is 4. The summed E-state index contributed by atoms with van der Waals surface area (Å²) in [5, 5.41) is 16.5. The highest BCUT2D eigenvalue weighted by Crippen LogP contribution is 2.51. The molecule has 14 nitrogen and oxygen atoms in total. The number of benzene rings is 2. The molecule has 66 heavy (non-hydrogen) atoms. The number of carbonyl (C=O) groups is 3. The zero-order valence-electron chi connectivity index (χ0n) is 39.3. The fraction of sp³-hybridized carbons (Fsp3) is 0.558. The van der Waals surface area contributed by atoms with Crippen LogP contribution in [0, 0.1) is 23.2 Å². The van der Waals surface area contributed by atoms with Gasteiger partial charge in [0.2, 0.25) is 11.8 Å². The molecule has 2 aromatic carbocycles. The molecule has 4 saturated heterocycles. The second kappa shape index (κ2) is 18.3. The lowest BCUT2D eigenvalue weighted by molar-refractivity contribution is -0.142. The van der Waals surface area contributed by atoms with Crippen molar-refractivity contribution in [3.63, 3.8) is 0 Å². The lowest BCUT2D eigenvalue weighted by atomic mass is 9.60. The van der Waals surface area contributed by atoms with E-state index < -0.39 is 17.5 Å². The maximum absolute atomic E-state index is 14.1. The van der Waals surface area contributed by atoms with E-state index in [4.69, 9.17) is 17.9 Å². The lowest BCUT2D eigenvalue weighted by Crippen LogP contribution is -2.70. The van der Waals surface area contributed by atoms with Crippen LogP contribution in [0.1, 0.15) is 112 Å². The van der Waals surface area contributed by atoms with Gasteiger partial charge in [-0.3, -0.25) is 19.4 Å². The molecule has 6 aliphatic rings. The molecule has 4 unspecified atom stereocenters. The van der Waals surface area contributed by atoms with Crippen LogP contribution in [0.2, 0.25) is 0 Å². The molecule has 5 fully saturated rings.